The first-order chi connectivity index (χ1) is 13.8. The van der Waals surface area contributed by atoms with Crippen molar-refractivity contribution in [1.82, 2.24) is 9.71 Å². The van der Waals surface area contributed by atoms with Crippen molar-refractivity contribution >= 4 is 38.0 Å². The molecule has 12 heteroatoms. The Kier molecular flexibility index (Phi) is 5.87. The van der Waals surface area contributed by atoms with Crippen molar-refractivity contribution in [3.8, 4) is 5.88 Å². The third-order valence-corrected chi connectivity index (χ3v) is 5.43. The highest BCUT2D eigenvalue weighted by molar-refractivity contribution is 7.89. The molecule has 1 aromatic heterocycles. The number of aromatic nitrogens is 1. The second kappa shape index (κ2) is 8.34. The number of aromatic hydroxyl groups is 1. The van der Waals surface area contributed by atoms with Crippen LogP contribution >= 0.6 is 0 Å². The molecule has 3 aromatic rings. The Morgan fingerprint density at radius 3 is 2.72 bits per heavy atom. The quantitative estimate of drug-likeness (QED) is 0.220. The van der Waals surface area contributed by atoms with Crippen LogP contribution in [0, 0.1) is 10.1 Å². The lowest BCUT2D eigenvalue weighted by atomic mass is 10.2. The smallest absolute Gasteiger partial charge is 0.296 e. The average molecular weight is 419 g/mol. The number of benzene rings is 2. The second-order valence-electron chi connectivity index (χ2n) is 5.87. The van der Waals surface area contributed by atoms with Crippen LogP contribution in [0.4, 0.5) is 17.1 Å². The van der Waals surface area contributed by atoms with E-state index in [-0.39, 0.29) is 41.0 Å². The van der Waals surface area contributed by atoms with Gasteiger partial charge in [-0.3, -0.25) is 10.1 Å². The molecule has 29 heavy (non-hydrogen) atoms. The van der Waals surface area contributed by atoms with E-state index in [0.29, 0.717) is 10.9 Å². The molecule has 0 radical (unpaired) electrons. The number of nitro benzene ring substituents is 1. The van der Waals surface area contributed by atoms with Gasteiger partial charge in [0.05, 0.1) is 21.9 Å². The average Bonchev–Trinajstić information content (AvgIpc) is 3.01. The number of azo groups is 1. The molecule has 0 aliphatic heterocycles. The number of ether oxygens (including phenoxy) is 1. The summed E-state index contributed by atoms with van der Waals surface area (Å²) in [6.07, 6.45) is 0. The first-order valence-electron chi connectivity index (χ1n) is 8.32. The summed E-state index contributed by atoms with van der Waals surface area (Å²) in [4.78, 5) is 13.1. The van der Waals surface area contributed by atoms with E-state index < -0.39 is 14.9 Å². The Balaban J connectivity index is 2.01. The molecule has 0 bridgehead atoms. The molecule has 3 rings (SSSR count). The van der Waals surface area contributed by atoms with Crippen molar-refractivity contribution in [2.24, 2.45) is 10.2 Å². The van der Waals surface area contributed by atoms with Gasteiger partial charge in [-0.15, -0.1) is 10.2 Å². The minimum absolute atomic E-state index is 0.00346. The first kappa shape index (κ1) is 20.4. The molecule has 0 aliphatic rings. The molecule has 3 N–H and O–H groups in total. The van der Waals surface area contributed by atoms with Crippen LogP contribution in [0.5, 0.6) is 5.88 Å². The van der Waals surface area contributed by atoms with Crippen molar-refractivity contribution in [3.05, 3.63) is 52.6 Å². The molecular formula is C17H17N5O6S. The van der Waals surface area contributed by atoms with Crippen LogP contribution in [-0.4, -0.2) is 43.7 Å². The van der Waals surface area contributed by atoms with E-state index in [4.69, 9.17) is 4.74 Å². The summed E-state index contributed by atoms with van der Waals surface area (Å²) < 4.78 is 32.0. The Morgan fingerprint density at radius 1 is 1.24 bits per heavy atom. The number of nitrogens with zero attached hydrogens (tertiary/aromatic N) is 3. The van der Waals surface area contributed by atoms with Gasteiger partial charge in [-0.1, -0.05) is 12.1 Å². The third-order valence-electron chi connectivity index (χ3n) is 3.97. The number of sulfonamides is 1. The SMILES string of the molecule is COCCNS(=O)(=O)c1ccc2[nH]c(O)c(N=Nc3ccccc3[N+](=O)[O-])c2c1. The Hall–Kier alpha value is -3.35. The zero-order valence-corrected chi connectivity index (χ0v) is 16.0. The molecule has 0 saturated carbocycles. The van der Waals surface area contributed by atoms with Crippen molar-refractivity contribution in [3.63, 3.8) is 0 Å². The van der Waals surface area contributed by atoms with Gasteiger partial charge in [0.15, 0.2) is 11.4 Å². The van der Waals surface area contributed by atoms with Gasteiger partial charge in [-0.25, -0.2) is 13.1 Å². The van der Waals surface area contributed by atoms with Crippen molar-refractivity contribution in [1.29, 1.82) is 0 Å². The summed E-state index contributed by atoms with van der Waals surface area (Å²) in [6.45, 7) is 0.307. The number of hydrogen-bond acceptors (Lipinski definition) is 8. The monoisotopic (exact) mass is 419 g/mol. The van der Waals surface area contributed by atoms with E-state index in [2.05, 4.69) is 19.9 Å². The van der Waals surface area contributed by atoms with Crippen molar-refractivity contribution < 1.29 is 23.2 Å². The van der Waals surface area contributed by atoms with Crippen LogP contribution in [0.2, 0.25) is 0 Å². The zero-order chi connectivity index (χ0) is 21.0. The maximum atomic E-state index is 12.4. The minimum Gasteiger partial charge on any atom is -0.493 e. The Bertz CT molecular complexity index is 1190. The normalized spacial score (nSPS) is 12.0. The molecule has 0 atom stereocenters. The van der Waals surface area contributed by atoms with Gasteiger partial charge in [0.1, 0.15) is 0 Å². The minimum atomic E-state index is -3.80. The molecule has 1 heterocycles. The summed E-state index contributed by atoms with van der Waals surface area (Å²) in [7, 11) is -2.35. The van der Waals surface area contributed by atoms with Gasteiger partial charge < -0.3 is 14.8 Å². The molecule has 0 spiro atoms. The maximum absolute atomic E-state index is 12.4. The van der Waals surface area contributed by atoms with Crippen LogP contribution in [0.25, 0.3) is 10.9 Å². The highest BCUT2D eigenvalue weighted by Gasteiger charge is 2.18. The summed E-state index contributed by atoms with van der Waals surface area (Å²) in [5.41, 5.74) is 0.138. The number of para-hydroxylation sites is 1. The zero-order valence-electron chi connectivity index (χ0n) is 15.2. The third kappa shape index (κ3) is 4.39. The number of nitro groups is 1. The van der Waals surface area contributed by atoms with Gasteiger partial charge in [0.2, 0.25) is 15.9 Å². The fraction of sp³-hybridized carbons (Fsp3) is 0.176. The van der Waals surface area contributed by atoms with E-state index >= 15 is 0 Å². The van der Waals surface area contributed by atoms with Crippen LogP contribution in [-0.2, 0) is 14.8 Å². The van der Waals surface area contributed by atoms with E-state index in [1.54, 1.807) is 6.07 Å². The number of nitrogens with one attached hydrogen (secondary N) is 2. The van der Waals surface area contributed by atoms with Crippen molar-refractivity contribution in [2.75, 3.05) is 20.3 Å². The standard InChI is InChI=1S/C17H17N5O6S/c1-28-9-8-18-29(26,27)11-6-7-13-12(10-11)16(17(23)19-13)21-20-14-4-2-3-5-15(14)22(24)25/h2-7,10,18-19,23H,8-9H2,1H3. The molecule has 0 aliphatic carbocycles. The molecule has 2 aromatic carbocycles. The van der Waals surface area contributed by atoms with Crippen LogP contribution < -0.4 is 4.72 Å². The van der Waals surface area contributed by atoms with Crippen LogP contribution in [0.15, 0.2) is 57.6 Å². The number of H-pyrrole nitrogens is 1. The summed E-state index contributed by atoms with van der Waals surface area (Å²) in [5.74, 6) is -0.343. The first-order valence-corrected chi connectivity index (χ1v) is 9.80. The lowest BCUT2D eigenvalue weighted by Crippen LogP contribution is -2.27. The molecule has 152 valence electrons. The highest BCUT2D eigenvalue weighted by Crippen LogP contribution is 2.38. The Morgan fingerprint density at radius 2 is 2.00 bits per heavy atom. The lowest BCUT2D eigenvalue weighted by molar-refractivity contribution is -0.384. The summed E-state index contributed by atoms with van der Waals surface area (Å²) in [6, 6.07) is 9.92. The molecule has 0 amide bonds. The topological polar surface area (TPSA) is 159 Å². The molecule has 0 fully saturated rings. The van der Waals surface area contributed by atoms with Gasteiger partial charge in [0.25, 0.3) is 5.69 Å². The molecule has 0 saturated heterocycles. The van der Waals surface area contributed by atoms with Gasteiger partial charge >= 0.3 is 0 Å². The summed E-state index contributed by atoms with van der Waals surface area (Å²) >= 11 is 0. The summed E-state index contributed by atoms with van der Waals surface area (Å²) in [5, 5.41) is 29.3. The second-order valence-corrected chi connectivity index (χ2v) is 7.63. The Labute approximate surface area is 165 Å². The highest BCUT2D eigenvalue weighted by atomic mass is 32.2. The number of fused-ring (bicyclic) bond motifs is 1. The number of hydrogen-bond donors (Lipinski definition) is 3. The molecular weight excluding hydrogens is 402 g/mol. The maximum Gasteiger partial charge on any atom is 0.296 e. The van der Waals surface area contributed by atoms with E-state index in [0.717, 1.165) is 0 Å². The fourth-order valence-electron chi connectivity index (χ4n) is 2.58. The molecule has 11 nitrogen and oxygen atoms in total. The van der Waals surface area contributed by atoms with Gasteiger partial charge in [-0.2, -0.15) is 0 Å². The van der Waals surface area contributed by atoms with Crippen LogP contribution in [0.3, 0.4) is 0 Å². The van der Waals surface area contributed by atoms with Crippen molar-refractivity contribution in [2.45, 2.75) is 4.90 Å². The van der Waals surface area contributed by atoms with E-state index in [1.165, 1.54) is 43.5 Å². The lowest BCUT2D eigenvalue weighted by Gasteiger charge is -2.06. The molecule has 0 unspecified atom stereocenters. The van der Waals surface area contributed by atoms with Gasteiger partial charge in [0, 0.05) is 25.1 Å². The van der Waals surface area contributed by atoms with Gasteiger partial charge in [-0.05, 0) is 24.3 Å². The predicted molar refractivity (Wildman–Crippen MR) is 104 cm³/mol. The number of aromatic amines is 1. The fourth-order valence-corrected chi connectivity index (χ4v) is 3.62. The van der Waals surface area contributed by atoms with E-state index in [1.807, 2.05) is 0 Å². The van der Waals surface area contributed by atoms with Crippen LogP contribution in [0.1, 0.15) is 0 Å². The number of rotatable bonds is 8. The number of methoxy groups -OCH3 is 1. The van der Waals surface area contributed by atoms with E-state index in [9.17, 15) is 23.6 Å². The predicted octanol–water partition coefficient (Wildman–Crippen LogP) is 3.12. The largest absolute Gasteiger partial charge is 0.493 e.